The van der Waals surface area contributed by atoms with Crippen molar-refractivity contribution in [2.24, 2.45) is 17.6 Å². The highest BCUT2D eigenvalue weighted by molar-refractivity contribution is 6.15. The maximum atomic E-state index is 13.7. The summed E-state index contributed by atoms with van der Waals surface area (Å²) in [6.45, 7) is 1.84. The zero-order valence-corrected chi connectivity index (χ0v) is 17.9. The van der Waals surface area contributed by atoms with Crippen LogP contribution >= 0.6 is 0 Å². The summed E-state index contributed by atoms with van der Waals surface area (Å²) in [5.74, 6) is -4.01. The molecular weight excluding hydrogens is 427 g/mol. The number of fused-ring (bicyclic) bond motifs is 4. The number of anilines is 1. The highest BCUT2D eigenvalue weighted by Crippen LogP contribution is 2.54. The third-order valence-electron chi connectivity index (χ3n) is 7.01. The van der Waals surface area contributed by atoms with Crippen molar-refractivity contribution >= 4 is 29.3 Å². The first-order chi connectivity index (χ1) is 15.7. The zero-order chi connectivity index (χ0) is 23.5. The fraction of sp³-hybridized carbons (Fsp3) is 0.333. The van der Waals surface area contributed by atoms with Gasteiger partial charge in [-0.1, -0.05) is 30.3 Å². The van der Waals surface area contributed by atoms with Crippen molar-refractivity contribution < 1.29 is 23.6 Å². The van der Waals surface area contributed by atoms with Gasteiger partial charge in [0.25, 0.3) is 0 Å². The second kappa shape index (κ2) is 7.48. The van der Waals surface area contributed by atoms with Gasteiger partial charge in [-0.15, -0.1) is 0 Å². The van der Waals surface area contributed by atoms with Gasteiger partial charge in [0.1, 0.15) is 11.4 Å². The van der Waals surface area contributed by atoms with Gasteiger partial charge < -0.3 is 11.1 Å². The maximum Gasteiger partial charge on any atom is 0.250 e. The molecule has 0 radical (unpaired) electrons. The number of carbonyl (C=O) groups excluding carboxylic acids is 4. The topological polar surface area (TPSA) is 122 Å². The van der Waals surface area contributed by atoms with Crippen LogP contribution in [0.3, 0.4) is 0 Å². The summed E-state index contributed by atoms with van der Waals surface area (Å²) in [5, 5.41) is 6.16. The third kappa shape index (κ3) is 3.06. The third-order valence-corrected chi connectivity index (χ3v) is 7.01. The van der Waals surface area contributed by atoms with Gasteiger partial charge in [0.05, 0.1) is 18.4 Å². The SMILES string of the molecule is Cc1cccc2c1NC(=O)C21NC(CCC(N)=O)C2C(=O)N(Cc3ccc(F)cc3)C(=O)C21. The molecule has 4 N–H and O–H groups in total. The lowest BCUT2D eigenvalue weighted by Crippen LogP contribution is -2.53. The molecule has 0 bridgehead atoms. The standard InChI is InChI=1S/C24H23FN4O4/c1-12-3-2-4-15-20(12)27-23(33)24(15)19-18(16(28-24)9-10-17(26)30)21(31)29(22(19)32)11-13-5-7-14(25)8-6-13/h2-8,16,18-19,28H,9-11H2,1H3,(H2,26,30)(H,27,33). The van der Waals surface area contributed by atoms with Crippen LogP contribution in [0.4, 0.5) is 10.1 Å². The zero-order valence-electron chi connectivity index (χ0n) is 17.9. The number of rotatable bonds is 5. The second-order valence-electron chi connectivity index (χ2n) is 8.91. The number of nitrogens with one attached hydrogen (secondary N) is 2. The number of amides is 4. The summed E-state index contributed by atoms with van der Waals surface area (Å²) in [7, 11) is 0. The van der Waals surface area contributed by atoms with Gasteiger partial charge in [-0.25, -0.2) is 4.39 Å². The molecule has 9 heteroatoms. The van der Waals surface area contributed by atoms with E-state index >= 15 is 0 Å². The van der Waals surface area contributed by atoms with Crippen LogP contribution in [0.5, 0.6) is 0 Å². The van der Waals surface area contributed by atoms with Crippen molar-refractivity contribution in [2.75, 3.05) is 5.32 Å². The van der Waals surface area contributed by atoms with E-state index in [1.54, 1.807) is 12.1 Å². The molecule has 0 aliphatic carbocycles. The summed E-state index contributed by atoms with van der Waals surface area (Å²) in [6, 6.07) is 10.4. The van der Waals surface area contributed by atoms with Crippen LogP contribution < -0.4 is 16.4 Å². The lowest BCUT2D eigenvalue weighted by Gasteiger charge is -2.29. The Balaban J connectivity index is 1.58. The lowest BCUT2D eigenvalue weighted by atomic mass is 9.76. The first-order valence-corrected chi connectivity index (χ1v) is 10.8. The molecule has 8 nitrogen and oxygen atoms in total. The van der Waals surface area contributed by atoms with Gasteiger partial charge in [0.2, 0.25) is 23.6 Å². The van der Waals surface area contributed by atoms with Gasteiger partial charge in [0.15, 0.2) is 0 Å². The number of nitrogens with two attached hydrogens (primary N) is 1. The molecule has 170 valence electrons. The Kier molecular flexibility index (Phi) is 4.82. The minimum atomic E-state index is -1.42. The van der Waals surface area contributed by atoms with Gasteiger partial charge in [-0.2, -0.15) is 0 Å². The van der Waals surface area contributed by atoms with Gasteiger partial charge in [-0.05, 0) is 36.6 Å². The van der Waals surface area contributed by atoms with Gasteiger partial charge in [-0.3, -0.25) is 29.4 Å². The minimum Gasteiger partial charge on any atom is -0.370 e. The van der Waals surface area contributed by atoms with E-state index < -0.39 is 52.9 Å². The van der Waals surface area contributed by atoms with Crippen LogP contribution in [-0.4, -0.2) is 34.6 Å². The number of para-hydroxylation sites is 1. The summed E-state index contributed by atoms with van der Waals surface area (Å²) in [5.41, 5.74) is 6.61. The van der Waals surface area contributed by atoms with E-state index in [-0.39, 0.29) is 19.4 Å². The van der Waals surface area contributed by atoms with Gasteiger partial charge in [0, 0.05) is 23.7 Å². The molecule has 0 saturated carbocycles. The maximum absolute atomic E-state index is 13.7. The Labute approximate surface area is 189 Å². The second-order valence-corrected chi connectivity index (χ2v) is 8.91. The molecule has 4 unspecified atom stereocenters. The molecule has 5 rings (SSSR count). The lowest BCUT2D eigenvalue weighted by molar-refractivity contribution is -0.143. The quantitative estimate of drug-likeness (QED) is 0.593. The van der Waals surface area contributed by atoms with E-state index in [1.807, 2.05) is 13.0 Å². The molecule has 4 atom stereocenters. The fourth-order valence-corrected chi connectivity index (χ4v) is 5.51. The average Bonchev–Trinajstić information content (AvgIpc) is 3.35. The molecule has 33 heavy (non-hydrogen) atoms. The van der Waals surface area contributed by atoms with Crippen molar-refractivity contribution in [1.82, 2.24) is 10.2 Å². The summed E-state index contributed by atoms with van der Waals surface area (Å²) < 4.78 is 13.3. The highest BCUT2D eigenvalue weighted by atomic mass is 19.1. The molecule has 0 aromatic heterocycles. The average molecular weight is 450 g/mol. The number of carbonyl (C=O) groups is 4. The Morgan fingerprint density at radius 1 is 1.12 bits per heavy atom. The number of benzene rings is 2. The van der Waals surface area contributed by atoms with Crippen molar-refractivity contribution in [3.63, 3.8) is 0 Å². The molecule has 2 aromatic carbocycles. The van der Waals surface area contributed by atoms with Gasteiger partial charge >= 0.3 is 0 Å². The van der Waals surface area contributed by atoms with E-state index in [4.69, 9.17) is 5.73 Å². The fourth-order valence-electron chi connectivity index (χ4n) is 5.51. The first kappa shape index (κ1) is 21.3. The predicted molar refractivity (Wildman–Crippen MR) is 116 cm³/mol. The van der Waals surface area contributed by atoms with Crippen molar-refractivity contribution in [3.8, 4) is 0 Å². The molecule has 2 fully saturated rings. The Morgan fingerprint density at radius 2 is 1.85 bits per heavy atom. The number of imide groups is 1. The van der Waals surface area contributed by atoms with E-state index in [0.717, 1.165) is 10.5 Å². The van der Waals surface area contributed by atoms with Crippen LogP contribution in [0.15, 0.2) is 42.5 Å². The largest absolute Gasteiger partial charge is 0.370 e. The number of hydrogen-bond acceptors (Lipinski definition) is 5. The molecule has 4 amide bonds. The normalized spacial score (nSPS) is 27.8. The molecular formula is C24H23FN4O4. The smallest absolute Gasteiger partial charge is 0.250 e. The minimum absolute atomic E-state index is 0.0126. The number of primary amides is 1. The number of halogens is 1. The van der Waals surface area contributed by atoms with Crippen molar-refractivity contribution in [1.29, 1.82) is 0 Å². The van der Waals surface area contributed by atoms with E-state index in [9.17, 15) is 23.6 Å². The molecule has 2 aromatic rings. The van der Waals surface area contributed by atoms with E-state index in [2.05, 4.69) is 10.6 Å². The number of hydrogen-bond donors (Lipinski definition) is 3. The van der Waals surface area contributed by atoms with Crippen LogP contribution in [-0.2, 0) is 31.3 Å². The van der Waals surface area contributed by atoms with Crippen molar-refractivity contribution in [3.05, 3.63) is 65.0 Å². The van der Waals surface area contributed by atoms with Crippen LogP contribution in [0.1, 0.15) is 29.5 Å². The van der Waals surface area contributed by atoms with E-state index in [0.29, 0.717) is 16.8 Å². The van der Waals surface area contributed by atoms with Crippen LogP contribution in [0.2, 0.25) is 0 Å². The Hall–Kier alpha value is -3.59. The molecule has 3 aliphatic heterocycles. The highest BCUT2D eigenvalue weighted by Gasteiger charge is 2.70. The number of likely N-dealkylation sites (tertiary alicyclic amines) is 1. The molecule has 1 spiro atoms. The molecule has 3 heterocycles. The molecule has 2 saturated heterocycles. The monoisotopic (exact) mass is 450 g/mol. The van der Waals surface area contributed by atoms with E-state index in [1.165, 1.54) is 24.3 Å². The van der Waals surface area contributed by atoms with Crippen molar-refractivity contribution in [2.45, 2.75) is 37.9 Å². The summed E-state index contributed by atoms with van der Waals surface area (Å²) >= 11 is 0. The number of nitrogens with zero attached hydrogens (tertiary/aromatic N) is 1. The first-order valence-electron chi connectivity index (χ1n) is 10.8. The van der Waals surface area contributed by atoms with Crippen LogP contribution in [0.25, 0.3) is 0 Å². The number of aryl methyl sites for hydroxylation is 1. The van der Waals surface area contributed by atoms with Crippen LogP contribution in [0, 0.1) is 24.6 Å². The Morgan fingerprint density at radius 3 is 2.55 bits per heavy atom. The molecule has 3 aliphatic rings. The Bertz CT molecular complexity index is 1200. The summed E-state index contributed by atoms with van der Waals surface area (Å²) in [6.07, 6.45) is 0.231. The summed E-state index contributed by atoms with van der Waals surface area (Å²) in [4.78, 5) is 53.2. The predicted octanol–water partition coefficient (Wildman–Crippen LogP) is 1.32.